The molecule has 2 aromatic carbocycles. The van der Waals surface area contributed by atoms with Crippen molar-refractivity contribution in [2.75, 3.05) is 7.11 Å². The first-order valence-electron chi connectivity index (χ1n) is 7.17. The van der Waals surface area contributed by atoms with Crippen molar-refractivity contribution < 1.29 is 9.84 Å². The minimum absolute atomic E-state index is 0.203. The number of benzene rings is 2. The lowest BCUT2D eigenvalue weighted by Crippen LogP contribution is -2.28. The smallest absolute Gasteiger partial charge is 0.119 e. The average Bonchev–Trinajstić information content (AvgIpc) is 2.50. The fourth-order valence-electron chi connectivity index (χ4n) is 2.40. The summed E-state index contributed by atoms with van der Waals surface area (Å²) < 4.78 is 5.21. The molecule has 0 fully saturated rings. The van der Waals surface area contributed by atoms with Gasteiger partial charge in [-0.05, 0) is 41.0 Å². The van der Waals surface area contributed by atoms with Crippen LogP contribution in [0.4, 0.5) is 0 Å². The van der Waals surface area contributed by atoms with Crippen LogP contribution in [0.2, 0.25) is 0 Å². The number of ether oxygens (including phenoxy) is 1. The normalized spacial score (nSPS) is 14.2. The number of unbranched alkanes of at least 4 members (excludes halogenated alkanes) is 1. The van der Waals surface area contributed by atoms with Gasteiger partial charge in [-0.3, -0.25) is 0 Å². The molecule has 0 saturated carbocycles. The maximum Gasteiger partial charge on any atom is 0.119 e. The van der Waals surface area contributed by atoms with E-state index in [-0.39, 0.29) is 6.04 Å². The lowest BCUT2D eigenvalue weighted by Gasteiger charge is -2.19. The zero-order valence-corrected chi connectivity index (χ0v) is 12.2. The van der Waals surface area contributed by atoms with Crippen LogP contribution >= 0.6 is 0 Å². The van der Waals surface area contributed by atoms with E-state index in [2.05, 4.69) is 6.92 Å². The molecule has 0 aliphatic rings. The Morgan fingerprint density at radius 1 is 1.15 bits per heavy atom. The van der Waals surface area contributed by atoms with Gasteiger partial charge in [0, 0.05) is 6.04 Å². The van der Waals surface area contributed by atoms with E-state index in [0.717, 1.165) is 41.3 Å². The van der Waals surface area contributed by atoms with E-state index in [4.69, 9.17) is 10.5 Å². The molecule has 20 heavy (non-hydrogen) atoms. The minimum atomic E-state index is -0.604. The van der Waals surface area contributed by atoms with Gasteiger partial charge in [-0.2, -0.15) is 0 Å². The third-order valence-electron chi connectivity index (χ3n) is 3.71. The first kappa shape index (κ1) is 14.8. The molecular formula is C17H23NO2. The van der Waals surface area contributed by atoms with Crippen molar-refractivity contribution in [2.45, 2.75) is 38.3 Å². The van der Waals surface area contributed by atoms with Crippen molar-refractivity contribution in [2.24, 2.45) is 5.73 Å². The Morgan fingerprint density at radius 3 is 2.55 bits per heavy atom. The number of hydrogen-bond acceptors (Lipinski definition) is 3. The second-order valence-corrected chi connectivity index (χ2v) is 5.22. The van der Waals surface area contributed by atoms with Gasteiger partial charge in [-0.1, -0.05) is 38.0 Å². The van der Waals surface area contributed by atoms with Gasteiger partial charge in [0.2, 0.25) is 0 Å². The molecule has 0 aromatic heterocycles. The predicted molar refractivity (Wildman–Crippen MR) is 83.0 cm³/mol. The molecule has 2 atom stereocenters. The largest absolute Gasteiger partial charge is 0.497 e. The quantitative estimate of drug-likeness (QED) is 0.848. The van der Waals surface area contributed by atoms with E-state index in [1.54, 1.807) is 7.11 Å². The first-order valence-corrected chi connectivity index (χ1v) is 7.17. The van der Waals surface area contributed by atoms with Crippen molar-refractivity contribution in [3.8, 4) is 5.75 Å². The molecule has 0 aliphatic heterocycles. The van der Waals surface area contributed by atoms with Gasteiger partial charge in [0.15, 0.2) is 0 Å². The Kier molecular flexibility index (Phi) is 4.99. The average molecular weight is 273 g/mol. The van der Waals surface area contributed by atoms with Gasteiger partial charge in [0.1, 0.15) is 5.75 Å². The number of fused-ring (bicyclic) bond motifs is 1. The van der Waals surface area contributed by atoms with Crippen LogP contribution in [0.3, 0.4) is 0 Å². The van der Waals surface area contributed by atoms with E-state index in [1.165, 1.54) is 0 Å². The Labute approximate surface area is 120 Å². The Balaban J connectivity index is 2.22. The number of aliphatic hydroxyl groups is 1. The van der Waals surface area contributed by atoms with Gasteiger partial charge in [-0.15, -0.1) is 0 Å². The topological polar surface area (TPSA) is 55.5 Å². The highest BCUT2D eigenvalue weighted by Gasteiger charge is 2.16. The second kappa shape index (κ2) is 6.73. The van der Waals surface area contributed by atoms with Crippen molar-refractivity contribution >= 4 is 10.8 Å². The van der Waals surface area contributed by atoms with E-state index >= 15 is 0 Å². The van der Waals surface area contributed by atoms with E-state index in [9.17, 15) is 5.11 Å². The van der Waals surface area contributed by atoms with Gasteiger partial charge in [-0.25, -0.2) is 0 Å². The highest BCUT2D eigenvalue weighted by atomic mass is 16.5. The van der Waals surface area contributed by atoms with Crippen molar-refractivity contribution in [3.05, 3.63) is 42.0 Å². The zero-order valence-electron chi connectivity index (χ0n) is 12.2. The fraction of sp³-hybridized carbons (Fsp3) is 0.412. The monoisotopic (exact) mass is 273 g/mol. The molecule has 2 aromatic rings. The molecule has 0 unspecified atom stereocenters. The molecule has 0 bridgehead atoms. The Morgan fingerprint density at radius 2 is 1.85 bits per heavy atom. The number of rotatable bonds is 6. The molecule has 3 heteroatoms. The number of aliphatic hydroxyl groups excluding tert-OH is 1. The van der Waals surface area contributed by atoms with Crippen LogP contribution in [-0.4, -0.2) is 18.3 Å². The van der Waals surface area contributed by atoms with Gasteiger partial charge < -0.3 is 15.6 Å². The zero-order chi connectivity index (χ0) is 14.5. The van der Waals surface area contributed by atoms with Crippen LogP contribution in [0.15, 0.2) is 36.4 Å². The molecule has 0 aliphatic carbocycles. The van der Waals surface area contributed by atoms with Crippen molar-refractivity contribution in [3.63, 3.8) is 0 Å². The third kappa shape index (κ3) is 3.30. The molecule has 3 nitrogen and oxygen atoms in total. The second-order valence-electron chi connectivity index (χ2n) is 5.22. The highest BCUT2D eigenvalue weighted by molar-refractivity contribution is 5.84. The lowest BCUT2D eigenvalue weighted by atomic mass is 9.96. The molecule has 0 amide bonds. The number of nitrogens with two attached hydrogens (primary N) is 1. The molecule has 3 N–H and O–H groups in total. The predicted octanol–water partition coefficient (Wildman–Crippen LogP) is 3.40. The van der Waals surface area contributed by atoms with Crippen LogP contribution in [0.25, 0.3) is 10.8 Å². The number of hydrogen-bond donors (Lipinski definition) is 2. The van der Waals surface area contributed by atoms with E-state index in [0.29, 0.717) is 0 Å². The molecule has 0 saturated heterocycles. The molecule has 0 spiro atoms. The van der Waals surface area contributed by atoms with E-state index in [1.807, 2.05) is 36.4 Å². The SMILES string of the molecule is CCCC[C@H](N)[C@H](O)c1ccc2cc(OC)ccc2c1. The number of methoxy groups -OCH3 is 1. The maximum absolute atomic E-state index is 10.3. The summed E-state index contributed by atoms with van der Waals surface area (Å²) in [6.07, 6.45) is 2.38. The van der Waals surface area contributed by atoms with Crippen LogP contribution in [0.1, 0.15) is 37.9 Å². The van der Waals surface area contributed by atoms with E-state index < -0.39 is 6.10 Å². The van der Waals surface area contributed by atoms with Crippen LogP contribution < -0.4 is 10.5 Å². The summed E-state index contributed by atoms with van der Waals surface area (Å²) in [4.78, 5) is 0. The lowest BCUT2D eigenvalue weighted by molar-refractivity contribution is 0.141. The first-order chi connectivity index (χ1) is 9.65. The van der Waals surface area contributed by atoms with Gasteiger partial charge >= 0.3 is 0 Å². The van der Waals surface area contributed by atoms with Gasteiger partial charge in [0.05, 0.1) is 13.2 Å². The summed E-state index contributed by atoms with van der Waals surface area (Å²) in [5, 5.41) is 12.5. The molecule has 0 radical (unpaired) electrons. The van der Waals surface area contributed by atoms with Crippen molar-refractivity contribution in [1.29, 1.82) is 0 Å². The molecule has 108 valence electrons. The molecule has 0 heterocycles. The third-order valence-corrected chi connectivity index (χ3v) is 3.71. The van der Waals surface area contributed by atoms with Gasteiger partial charge in [0.25, 0.3) is 0 Å². The summed E-state index contributed by atoms with van der Waals surface area (Å²) >= 11 is 0. The summed E-state index contributed by atoms with van der Waals surface area (Å²) in [6, 6.07) is 11.7. The Bertz CT molecular complexity index is 568. The fourth-order valence-corrected chi connectivity index (χ4v) is 2.40. The summed E-state index contributed by atoms with van der Waals surface area (Å²) in [5.74, 6) is 0.838. The standard InChI is InChI=1S/C17H23NO2/c1-3-4-5-16(18)17(19)14-7-6-13-11-15(20-2)9-8-12(13)10-14/h6-11,16-17,19H,3-5,18H2,1-2H3/t16-,17+/m0/s1. The highest BCUT2D eigenvalue weighted by Crippen LogP contribution is 2.26. The summed E-state index contributed by atoms with van der Waals surface area (Å²) in [7, 11) is 1.66. The maximum atomic E-state index is 10.3. The van der Waals surface area contributed by atoms with Crippen molar-refractivity contribution in [1.82, 2.24) is 0 Å². The molecular weight excluding hydrogens is 250 g/mol. The van der Waals surface area contributed by atoms with Crippen LogP contribution in [-0.2, 0) is 0 Å². The Hall–Kier alpha value is -1.58. The van der Waals surface area contributed by atoms with Crippen LogP contribution in [0.5, 0.6) is 5.75 Å². The minimum Gasteiger partial charge on any atom is -0.497 e. The van der Waals surface area contributed by atoms with Crippen LogP contribution in [0, 0.1) is 0 Å². The summed E-state index contributed by atoms with van der Waals surface area (Å²) in [5.41, 5.74) is 6.94. The summed E-state index contributed by atoms with van der Waals surface area (Å²) in [6.45, 7) is 2.13. The molecule has 2 rings (SSSR count).